The van der Waals surface area contributed by atoms with Crippen molar-refractivity contribution in [1.29, 1.82) is 0 Å². The number of aliphatic imine (C=N–C) groups is 1. The van der Waals surface area contributed by atoms with Crippen molar-refractivity contribution in [1.82, 2.24) is 4.98 Å². The van der Waals surface area contributed by atoms with Gasteiger partial charge >= 0.3 is 6.18 Å². The van der Waals surface area contributed by atoms with Gasteiger partial charge in [0.05, 0.1) is 16.3 Å². The van der Waals surface area contributed by atoms with Crippen LogP contribution in [-0.2, 0) is 17.7 Å². The van der Waals surface area contributed by atoms with E-state index in [0.717, 1.165) is 17.4 Å². The monoisotopic (exact) mass is 542 g/mol. The molecule has 6 nitrogen and oxygen atoms in total. The van der Waals surface area contributed by atoms with Crippen LogP contribution in [-0.4, -0.2) is 25.6 Å². The normalized spacial score (nSPS) is 13.4. The Morgan fingerprint density at radius 1 is 1.08 bits per heavy atom. The Morgan fingerprint density at radius 2 is 1.86 bits per heavy atom. The van der Waals surface area contributed by atoms with E-state index in [9.17, 15) is 21.9 Å². The number of para-hydroxylation sites is 2. The molecule has 4 rings (SSSR count). The molecule has 0 aliphatic heterocycles. The summed E-state index contributed by atoms with van der Waals surface area (Å²) in [5.41, 5.74) is 6.20. The molecule has 190 valence electrons. The average molecular weight is 543 g/mol. The molecule has 0 spiro atoms. The maximum atomic E-state index is 13.3. The second kappa shape index (κ2) is 11.5. The fraction of sp³-hybridized carbons (Fsp3) is 0.0769. The summed E-state index contributed by atoms with van der Waals surface area (Å²) in [5.74, 6) is 0.354. The van der Waals surface area contributed by atoms with Crippen molar-refractivity contribution >= 4 is 33.8 Å². The zero-order chi connectivity index (χ0) is 26.4. The zero-order valence-corrected chi connectivity index (χ0v) is 20.6. The van der Waals surface area contributed by atoms with Gasteiger partial charge in [-0.15, -0.1) is 11.3 Å². The van der Waals surface area contributed by atoms with Crippen molar-refractivity contribution in [2.45, 2.75) is 17.7 Å². The van der Waals surface area contributed by atoms with Gasteiger partial charge in [-0.25, -0.2) is 4.99 Å². The summed E-state index contributed by atoms with van der Waals surface area (Å²) in [4.78, 5) is 9.17. The number of benzene rings is 2. The number of hydrogen-bond donors (Lipinski definition) is 1. The van der Waals surface area contributed by atoms with E-state index >= 15 is 0 Å². The zero-order valence-electron chi connectivity index (χ0n) is 19.0. The maximum absolute atomic E-state index is 13.3. The second-order valence-electron chi connectivity index (χ2n) is 7.63. The molecule has 2 aromatic heterocycles. The smallest absolute Gasteiger partial charge is 0.430 e. The predicted octanol–water partition coefficient (Wildman–Crippen LogP) is 6.15. The van der Waals surface area contributed by atoms with E-state index < -0.39 is 23.0 Å². The molecule has 0 bridgehead atoms. The summed E-state index contributed by atoms with van der Waals surface area (Å²) in [5, 5.41) is 1.71. The average Bonchev–Trinajstić information content (AvgIpc) is 3.38. The first kappa shape index (κ1) is 26.3. The van der Waals surface area contributed by atoms with Crippen LogP contribution in [0.4, 0.5) is 18.9 Å². The van der Waals surface area contributed by atoms with Gasteiger partial charge in [-0.1, -0.05) is 30.3 Å². The van der Waals surface area contributed by atoms with Gasteiger partial charge in [-0.05, 0) is 76.1 Å². The topological polar surface area (TPSA) is 101 Å². The minimum Gasteiger partial charge on any atom is -0.768 e. The molecule has 4 aromatic rings. The van der Waals surface area contributed by atoms with Crippen LogP contribution in [0.5, 0.6) is 5.75 Å². The number of aromatic nitrogens is 1. The molecule has 0 amide bonds. The number of nitrogens with two attached hydrogens (primary N) is 1. The van der Waals surface area contributed by atoms with Gasteiger partial charge in [0.15, 0.2) is 0 Å². The van der Waals surface area contributed by atoms with Crippen LogP contribution in [0.3, 0.4) is 0 Å². The Kier molecular flexibility index (Phi) is 8.17. The van der Waals surface area contributed by atoms with Crippen molar-refractivity contribution in [3.05, 3.63) is 107 Å². The van der Waals surface area contributed by atoms with E-state index in [1.165, 1.54) is 12.1 Å². The molecule has 11 heteroatoms. The van der Waals surface area contributed by atoms with Crippen molar-refractivity contribution < 1.29 is 26.7 Å². The number of rotatable bonds is 8. The van der Waals surface area contributed by atoms with Gasteiger partial charge in [0.2, 0.25) is 0 Å². The molecular weight excluding hydrogens is 523 g/mol. The van der Waals surface area contributed by atoms with Gasteiger partial charge in [-0.2, -0.15) is 13.2 Å². The number of hydrogen-bond acceptors (Lipinski definition) is 7. The summed E-state index contributed by atoms with van der Waals surface area (Å²) in [7, 11) is 0. The number of pyridine rings is 1. The summed E-state index contributed by atoms with van der Waals surface area (Å²) in [6.45, 7) is 0.143. The van der Waals surface area contributed by atoms with Gasteiger partial charge in [0.25, 0.3) is 0 Å². The fourth-order valence-electron chi connectivity index (χ4n) is 3.23. The SMILES string of the molecule is NC(=CC(=Nc1ccccc1OCc1ccccn1)c1cc(-c2cccc(S(=O)[O-])c2)cs1)C(F)(F)F. The first-order chi connectivity index (χ1) is 17.7. The maximum Gasteiger partial charge on any atom is 0.430 e. The molecule has 2 aromatic carbocycles. The molecule has 2 N–H and O–H groups in total. The van der Waals surface area contributed by atoms with E-state index in [1.807, 2.05) is 6.07 Å². The number of allylic oxidation sites excluding steroid dienone is 2. The van der Waals surface area contributed by atoms with Gasteiger partial charge in [0.1, 0.15) is 23.7 Å². The predicted molar refractivity (Wildman–Crippen MR) is 136 cm³/mol. The molecule has 0 saturated carbocycles. The lowest BCUT2D eigenvalue weighted by molar-refractivity contribution is -0.0925. The highest BCUT2D eigenvalue weighted by atomic mass is 32.2. The minimum absolute atomic E-state index is 0.0245. The summed E-state index contributed by atoms with van der Waals surface area (Å²) in [6.07, 6.45) is -2.35. The molecule has 0 saturated heterocycles. The Bertz CT molecular complexity index is 1470. The molecule has 37 heavy (non-hydrogen) atoms. The lowest BCUT2D eigenvalue weighted by Crippen LogP contribution is -2.20. The lowest BCUT2D eigenvalue weighted by Gasteiger charge is -2.10. The molecule has 0 fully saturated rings. The molecule has 0 aliphatic rings. The van der Waals surface area contributed by atoms with Crippen LogP contribution in [0.2, 0.25) is 0 Å². The van der Waals surface area contributed by atoms with Crippen LogP contribution in [0.15, 0.2) is 106 Å². The van der Waals surface area contributed by atoms with E-state index in [1.54, 1.807) is 66.2 Å². The quantitative estimate of drug-likeness (QED) is 0.213. The third-order valence-electron chi connectivity index (χ3n) is 5.04. The second-order valence-corrected chi connectivity index (χ2v) is 9.49. The Hall–Kier alpha value is -3.80. The lowest BCUT2D eigenvalue weighted by atomic mass is 10.1. The number of nitrogens with zero attached hydrogens (tertiary/aromatic N) is 2. The fourth-order valence-corrected chi connectivity index (χ4v) is 4.52. The Balaban J connectivity index is 1.73. The van der Waals surface area contributed by atoms with E-state index in [0.29, 0.717) is 33.1 Å². The summed E-state index contributed by atoms with van der Waals surface area (Å²) >= 11 is -1.27. The number of thiophene rings is 1. The van der Waals surface area contributed by atoms with Crippen molar-refractivity contribution in [2.24, 2.45) is 10.7 Å². The third kappa shape index (κ3) is 6.91. The summed E-state index contributed by atoms with van der Waals surface area (Å²) in [6, 6.07) is 19.9. The summed E-state index contributed by atoms with van der Waals surface area (Å²) < 4.78 is 68.4. The standard InChI is InChI=1S/C26H20F3N3O3S2/c27-26(28,29)25(30)14-22(24-13-18(16-36-24)17-6-5-8-20(12-17)37(33)34)32-21-9-1-2-10-23(21)35-15-19-7-3-4-11-31-19/h1-14,16H,15,30H2,(H,33,34)/p-1. The Labute approximate surface area is 217 Å². The molecule has 0 radical (unpaired) electrons. The molecular formula is C26H19F3N3O3S2-. The molecule has 0 aliphatic carbocycles. The van der Waals surface area contributed by atoms with E-state index in [-0.39, 0.29) is 17.2 Å². The largest absolute Gasteiger partial charge is 0.768 e. The van der Waals surface area contributed by atoms with E-state index in [2.05, 4.69) is 9.98 Å². The van der Waals surface area contributed by atoms with Crippen molar-refractivity contribution in [3.8, 4) is 16.9 Å². The highest BCUT2D eigenvalue weighted by Gasteiger charge is 2.32. The van der Waals surface area contributed by atoms with Gasteiger partial charge in [-0.3, -0.25) is 9.19 Å². The number of ether oxygens (including phenoxy) is 1. The Morgan fingerprint density at radius 3 is 2.59 bits per heavy atom. The highest BCUT2D eigenvalue weighted by molar-refractivity contribution is 7.79. The van der Waals surface area contributed by atoms with E-state index in [4.69, 9.17) is 10.5 Å². The minimum atomic E-state index is -4.75. The highest BCUT2D eigenvalue weighted by Crippen LogP contribution is 2.33. The first-order valence-electron chi connectivity index (χ1n) is 10.7. The molecule has 1 unspecified atom stereocenters. The van der Waals surface area contributed by atoms with Gasteiger partial charge in [0, 0.05) is 11.1 Å². The molecule has 2 heterocycles. The molecule has 1 atom stereocenters. The van der Waals surface area contributed by atoms with Crippen LogP contribution in [0.25, 0.3) is 11.1 Å². The van der Waals surface area contributed by atoms with Crippen LogP contribution in [0, 0.1) is 0 Å². The van der Waals surface area contributed by atoms with Crippen molar-refractivity contribution in [2.75, 3.05) is 0 Å². The number of alkyl halides is 3. The first-order valence-corrected chi connectivity index (χ1v) is 12.7. The van der Waals surface area contributed by atoms with Crippen LogP contribution < -0.4 is 10.5 Å². The van der Waals surface area contributed by atoms with Crippen molar-refractivity contribution in [3.63, 3.8) is 0 Å². The number of halogens is 3. The van der Waals surface area contributed by atoms with Gasteiger partial charge < -0.3 is 15.0 Å². The van der Waals surface area contributed by atoms with Crippen LogP contribution in [0.1, 0.15) is 10.6 Å². The van der Waals surface area contributed by atoms with Crippen LogP contribution >= 0.6 is 11.3 Å². The third-order valence-corrected chi connectivity index (χ3v) is 6.63.